The maximum absolute atomic E-state index is 12.1. The molecule has 2 aliphatic rings. The van der Waals surface area contributed by atoms with E-state index in [2.05, 4.69) is 10.8 Å². The Hall–Kier alpha value is -2.82. The summed E-state index contributed by atoms with van der Waals surface area (Å²) in [7, 11) is 0. The van der Waals surface area contributed by atoms with E-state index in [1.165, 1.54) is 0 Å². The predicted octanol–water partition coefficient (Wildman–Crippen LogP) is 2.32. The lowest BCUT2D eigenvalue weighted by Gasteiger charge is -2.24. The summed E-state index contributed by atoms with van der Waals surface area (Å²) in [5.74, 6) is 0.298. The minimum Gasteiger partial charge on any atom is -0.379 e. The zero-order valence-corrected chi connectivity index (χ0v) is 12.9. The summed E-state index contributed by atoms with van der Waals surface area (Å²) in [6.07, 6.45) is 6.83. The average Bonchev–Trinajstić information content (AvgIpc) is 2.57. The molecule has 5 nitrogen and oxygen atoms in total. The lowest BCUT2D eigenvalue weighted by Crippen LogP contribution is -2.34. The highest BCUT2D eigenvalue weighted by Gasteiger charge is 2.25. The first-order valence-electron chi connectivity index (χ1n) is 7.56. The van der Waals surface area contributed by atoms with Crippen molar-refractivity contribution in [3.8, 4) is 0 Å². The zero-order chi connectivity index (χ0) is 16.2. The summed E-state index contributed by atoms with van der Waals surface area (Å²) < 4.78 is 0. The van der Waals surface area contributed by atoms with Gasteiger partial charge in [0.1, 0.15) is 0 Å². The van der Waals surface area contributed by atoms with Crippen LogP contribution in [0.25, 0.3) is 0 Å². The van der Waals surface area contributed by atoms with Crippen molar-refractivity contribution in [3.63, 3.8) is 0 Å². The molecular formula is C18H18N2O3. The van der Waals surface area contributed by atoms with Gasteiger partial charge in [-0.3, -0.25) is 9.59 Å². The summed E-state index contributed by atoms with van der Waals surface area (Å²) in [5, 5.41) is 2.85. The van der Waals surface area contributed by atoms with Crippen LogP contribution in [0.1, 0.15) is 28.8 Å². The first-order chi connectivity index (χ1) is 11.1. The number of hydrogen-bond donors (Lipinski definition) is 2. The Morgan fingerprint density at radius 2 is 2.09 bits per heavy atom. The Labute approximate surface area is 134 Å². The molecule has 2 N–H and O–H groups in total. The average molecular weight is 310 g/mol. The van der Waals surface area contributed by atoms with E-state index < -0.39 is 0 Å². The molecule has 1 aromatic carbocycles. The quantitative estimate of drug-likeness (QED) is 0.897. The minimum atomic E-state index is -0.239. The molecule has 23 heavy (non-hydrogen) atoms. The number of carbonyl (C=O) groups is 2. The Kier molecular flexibility index (Phi) is 4.28. The molecule has 1 heterocycles. The molecule has 1 aliphatic carbocycles. The first-order valence-corrected chi connectivity index (χ1v) is 7.56. The van der Waals surface area contributed by atoms with Gasteiger partial charge in [-0.2, -0.15) is 5.48 Å². The second kappa shape index (κ2) is 6.52. The molecule has 0 fully saturated rings. The SMILES string of the molecule is Cc1ccc(C(=O)NCCC2=C3CC=CC=C3ONC2=O)cc1. The lowest BCUT2D eigenvalue weighted by molar-refractivity contribution is -0.128. The number of carbonyl (C=O) groups excluding carboxylic acids is 2. The highest BCUT2D eigenvalue weighted by molar-refractivity contribution is 5.96. The normalized spacial score (nSPS) is 16.2. The molecule has 0 unspecified atom stereocenters. The van der Waals surface area contributed by atoms with Crippen molar-refractivity contribution >= 4 is 11.8 Å². The molecule has 0 saturated carbocycles. The molecule has 0 radical (unpaired) electrons. The number of benzene rings is 1. The number of allylic oxidation sites excluding steroid dienone is 4. The van der Waals surface area contributed by atoms with E-state index >= 15 is 0 Å². The molecule has 0 aromatic heterocycles. The summed E-state index contributed by atoms with van der Waals surface area (Å²) in [6, 6.07) is 7.38. The number of nitrogens with one attached hydrogen (secondary N) is 2. The third-order valence-electron chi connectivity index (χ3n) is 3.87. The fraction of sp³-hybridized carbons (Fsp3) is 0.222. The fourth-order valence-corrected chi connectivity index (χ4v) is 2.58. The van der Waals surface area contributed by atoms with Crippen LogP contribution in [0.3, 0.4) is 0 Å². The minimum absolute atomic E-state index is 0.137. The standard InChI is InChI=1S/C18H18N2O3/c1-12-6-8-13(9-7-12)17(21)19-11-10-15-14-4-2-3-5-16(14)23-20-18(15)22/h2-3,5-9H,4,10-11H2,1H3,(H,19,21)(H,20,22). The number of hydrogen-bond acceptors (Lipinski definition) is 3. The molecule has 0 spiro atoms. The van der Waals surface area contributed by atoms with Gasteiger partial charge in [-0.25, -0.2) is 0 Å². The molecule has 3 rings (SSSR count). The summed E-state index contributed by atoms with van der Waals surface area (Å²) >= 11 is 0. The fourth-order valence-electron chi connectivity index (χ4n) is 2.58. The van der Waals surface area contributed by atoms with Crippen LogP contribution in [0.2, 0.25) is 0 Å². The Morgan fingerprint density at radius 3 is 2.87 bits per heavy atom. The van der Waals surface area contributed by atoms with Crippen LogP contribution in [0.15, 0.2) is 59.4 Å². The monoisotopic (exact) mass is 310 g/mol. The van der Waals surface area contributed by atoms with Gasteiger partial charge < -0.3 is 10.2 Å². The molecule has 118 valence electrons. The van der Waals surface area contributed by atoms with Crippen molar-refractivity contribution in [1.29, 1.82) is 0 Å². The zero-order valence-electron chi connectivity index (χ0n) is 12.9. The van der Waals surface area contributed by atoms with Crippen molar-refractivity contribution in [2.45, 2.75) is 19.8 Å². The van der Waals surface area contributed by atoms with Crippen molar-refractivity contribution < 1.29 is 14.4 Å². The van der Waals surface area contributed by atoms with Crippen LogP contribution in [0, 0.1) is 6.92 Å². The van der Waals surface area contributed by atoms with Gasteiger partial charge in [-0.15, -0.1) is 0 Å². The van der Waals surface area contributed by atoms with Crippen LogP contribution in [-0.4, -0.2) is 18.4 Å². The third-order valence-corrected chi connectivity index (χ3v) is 3.87. The second-order valence-corrected chi connectivity index (χ2v) is 5.53. The number of fused-ring (bicyclic) bond motifs is 1. The topological polar surface area (TPSA) is 67.4 Å². The predicted molar refractivity (Wildman–Crippen MR) is 86.2 cm³/mol. The summed E-state index contributed by atoms with van der Waals surface area (Å²) in [6.45, 7) is 2.37. The van der Waals surface area contributed by atoms with Crippen molar-refractivity contribution in [2.24, 2.45) is 0 Å². The van der Waals surface area contributed by atoms with Gasteiger partial charge in [0.15, 0.2) is 5.76 Å². The van der Waals surface area contributed by atoms with Crippen LogP contribution < -0.4 is 10.8 Å². The number of hydroxylamine groups is 1. The lowest BCUT2D eigenvalue weighted by atomic mass is 9.96. The van der Waals surface area contributed by atoms with Gasteiger partial charge in [0.05, 0.1) is 0 Å². The molecular weight excluding hydrogens is 292 g/mol. The van der Waals surface area contributed by atoms with E-state index in [1.54, 1.807) is 12.1 Å². The summed E-state index contributed by atoms with van der Waals surface area (Å²) in [5.41, 5.74) is 5.67. The van der Waals surface area contributed by atoms with Crippen LogP contribution in [0.4, 0.5) is 0 Å². The van der Waals surface area contributed by atoms with Gasteiger partial charge in [-0.1, -0.05) is 29.8 Å². The van der Waals surface area contributed by atoms with Crippen LogP contribution >= 0.6 is 0 Å². The molecule has 1 aliphatic heterocycles. The maximum Gasteiger partial charge on any atom is 0.280 e. The third kappa shape index (κ3) is 3.34. The highest BCUT2D eigenvalue weighted by Crippen LogP contribution is 2.28. The van der Waals surface area contributed by atoms with Gasteiger partial charge in [0.25, 0.3) is 11.8 Å². The first kappa shape index (κ1) is 15.1. The Balaban J connectivity index is 1.63. The van der Waals surface area contributed by atoms with E-state index in [0.29, 0.717) is 36.3 Å². The van der Waals surface area contributed by atoms with Gasteiger partial charge >= 0.3 is 0 Å². The number of amides is 2. The largest absolute Gasteiger partial charge is 0.379 e. The van der Waals surface area contributed by atoms with Crippen LogP contribution in [0.5, 0.6) is 0 Å². The molecule has 0 bridgehead atoms. The van der Waals surface area contributed by atoms with E-state index in [4.69, 9.17) is 4.84 Å². The van der Waals surface area contributed by atoms with Gasteiger partial charge in [0, 0.05) is 23.3 Å². The van der Waals surface area contributed by atoms with E-state index in [9.17, 15) is 9.59 Å². The van der Waals surface area contributed by atoms with Crippen molar-refractivity contribution in [1.82, 2.24) is 10.8 Å². The van der Waals surface area contributed by atoms with Crippen molar-refractivity contribution in [2.75, 3.05) is 6.54 Å². The molecule has 0 atom stereocenters. The molecule has 1 aromatic rings. The molecule has 0 saturated heterocycles. The highest BCUT2D eigenvalue weighted by atomic mass is 16.7. The van der Waals surface area contributed by atoms with E-state index in [-0.39, 0.29) is 11.8 Å². The Morgan fingerprint density at radius 1 is 1.30 bits per heavy atom. The molecule has 2 amide bonds. The number of aryl methyl sites for hydroxylation is 1. The van der Waals surface area contributed by atoms with Gasteiger partial charge in [-0.05, 0) is 38.0 Å². The molecule has 5 heteroatoms. The van der Waals surface area contributed by atoms with E-state index in [1.807, 2.05) is 37.3 Å². The smallest absolute Gasteiger partial charge is 0.280 e. The van der Waals surface area contributed by atoms with Gasteiger partial charge in [0.2, 0.25) is 0 Å². The van der Waals surface area contributed by atoms with Crippen LogP contribution in [-0.2, 0) is 9.63 Å². The van der Waals surface area contributed by atoms with Crippen molar-refractivity contribution in [3.05, 3.63) is 70.5 Å². The maximum atomic E-state index is 12.1. The Bertz CT molecular complexity index is 727. The second-order valence-electron chi connectivity index (χ2n) is 5.53. The number of rotatable bonds is 4. The summed E-state index contributed by atoms with van der Waals surface area (Å²) in [4.78, 5) is 29.3. The van der Waals surface area contributed by atoms with E-state index in [0.717, 1.165) is 11.1 Å².